The van der Waals surface area contributed by atoms with Crippen LogP contribution in [-0.2, 0) is 19.2 Å². The molecule has 30 heavy (non-hydrogen) atoms. The van der Waals surface area contributed by atoms with Crippen LogP contribution in [0.3, 0.4) is 0 Å². The summed E-state index contributed by atoms with van der Waals surface area (Å²) in [5, 5.41) is 12.8. The van der Waals surface area contributed by atoms with E-state index >= 15 is 0 Å². The first-order valence-corrected chi connectivity index (χ1v) is 11.6. The van der Waals surface area contributed by atoms with E-state index in [-0.39, 0.29) is 22.9 Å². The minimum Gasteiger partial charge on any atom is -0.479 e. The lowest BCUT2D eigenvalue weighted by molar-refractivity contribution is -0.159. The first-order valence-electron chi connectivity index (χ1n) is 11.6. The molecule has 0 unspecified atom stereocenters. The number of aliphatic carboxylic acids is 1. The second-order valence-electron chi connectivity index (χ2n) is 10.2. The minimum atomic E-state index is -1.00. The summed E-state index contributed by atoms with van der Waals surface area (Å²) in [6, 6.07) is 0. The number of ether oxygens (including phenoxy) is 1. The highest BCUT2D eigenvalue weighted by Crippen LogP contribution is 2.65. The lowest BCUT2D eigenvalue weighted by Gasteiger charge is -2.58. The van der Waals surface area contributed by atoms with Crippen LogP contribution in [0.2, 0.25) is 0 Å². The van der Waals surface area contributed by atoms with Gasteiger partial charge in [0.15, 0.2) is 0 Å². The van der Waals surface area contributed by atoms with Crippen LogP contribution in [0, 0.1) is 28.6 Å². The summed E-state index contributed by atoms with van der Waals surface area (Å²) in [6.45, 7) is 6.28. The highest BCUT2D eigenvalue weighted by Gasteiger charge is 2.59. The Kier molecular flexibility index (Phi) is 5.71. The minimum absolute atomic E-state index is 0.0611. The molecule has 0 heterocycles. The maximum Gasteiger partial charge on any atom is 0.344 e. The molecular weight excluding hydrogens is 382 g/mol. The van der Waals surface area contributed by atoms with Gasteiger partial charge >= 0.3 is 11.9 Å². The maximum absolute atomic E-state index is 12.0. The SMILES string of the molecule is CCC(=O)O[C@@H]1CC[C@@H]2[C@@H]3CCC4=C/C(=N/OCC(=O)O)CC[C@]4(C)[C@@H]3CC[C@@]21C. The predicted molar refractivity (Wildman–Crippen MR) is 113 cm³/mol. The van der Waals surface area contributed by atoms with Gasteiger partial charge in [0.05, 0.1) is 5.71 Å². The van der Waals surface area contributed by atoms with Crippen LogP contribution >= 0.6 is 0 Å². The largest absolute Gasteiger partial charge is 0.479 e. The first kappa shape index (κ1) is 21.4. The molecule has 4 aliphatic carbocycles. The van der Waals surface area contributed by atoms with Crippen molar-refractivity contribution in [2.75, 3.05) is 6.61 Å². The van der Waals surface area contributed by atoms with Gasteiger partial charge in [-0.25, -0.2) is 4.79 Å². The van der Waals surface area contributed by atoms with E-state index in [2.05, 4.69) is 25.1 Å². The van der Waals surface area contributed by atoms with Crippen LogP contribution in [0.25, 0.3) is 0 Å². The number of allylic oxidation sites excluding steroid dienone is 2. The van der Waals surface area contributed by atoms with Crippen molar-refractivity contribution in [2.24, 2.45) is 33.7 Å². The molecule has 0 spiro atoms. The summed E-state index contributed by atoms with van der Waals surface area (Å²) in [4.78, 5) is 27.6. The van der Waals surface area contributed by atoms with Gasteiger partial charge in [0.2, 0.25) is 6.61 Å². The quantitative estimate of drug-likeness (QED) is 0.516. The summed E-state index contributed by atoms with van der Waals surface area (Å²) in [5.74, 6) is 0.931. The Hall–Kier alpha value is -1.85. The Balaban J connectivity index is 1.51. The topological polar surface area (TPSA) is 85.2 Å². The number of hydrogen-bond donors (Lipinski definition) is 1. The summed E-state index contributed by atoms with van der Waals surface area (Å²) in [5.41, 5.74) is 2.64. The molecule has 4 rings (SSSR count). The van der Waals surface area contributed by atoms with Gasteiger partial charge in [0, 0.05) is 11.8 Å². The molecule has 0 aromatic heterocycles. The van der Waals surface area contributed by atoms with Crippen LogP contribution in [0.1, 0.15) is 78.6 Å². The number of rotatable bonds is 5. The molecule has 0 radical (unpaired) electrons. The molecule has 166 valence electrons. The zero-order chi connectivity index (χ0) is 21.5. The molecule has 0 bridgehead atoms. The van der Waals surface area contributed by atoms with E-state index in [9.17, 15) is 9.59 Å². The predicted octanol–water partition coefficient (Wildman–Crippen LogP) is 4.73. The highest BCUT2D eigenvalue weighted by molar-refractivity contribution is 5.96. The zero-order valence-corrected chi connectivity index (χ0v) is 18.5. The van der Waals surface area contributed by atoms with Crippen LogP contribution in [-0.4, -0.2) is 35.5 Å². The molecule has 3 fully saturated rings. The average molecular weight is 418 g/mol. The molecule has 1 N–H and O–H groups in total. The third kappa shape index (κ3) is 3.56. The number of hydrogen-bond acceptors (Lipinski definition) is 5. The molecule has 6 nitrogen and oxygen atoms in total. The fourth-order valence-electron chi connectivity index (χ4n) is 7.20. The van der Waals surface area contributed by atoms with E-state index in [1.165, 1.54) is 24.8 Å². The molecule has 0 amide bonds. The van der Waals surface area contributed by atoms with Crippen LogP contribution in [0.4, 0.5) is 0 Å². The van der Waals surface area contributed by atoms with E-state index in [4.69, 9.17) is 14.7 Å². The Morgan fingerprint density at radius 2 is 1.93 bits per heavy atom. The van der Waals surface area contributed by atoms with E-state index in [1.807, 2.05) is 6.92 Å². The molecule has 6 atom stereocenters. The van der Waals surface area contributed by atoms with E-state index in [0.717, 1.165) is 37.8 Å². The fraction of sp³-hybridized carbons (Fsp3) is 0.792. The number of esters is 1. The Morgan fingerprint density at radius 1 is 1.13 bits per heavy atom. The second kappa shape index (κ2) is 8.01. The molecule has 0 saturated heterocycles. The number of carboxylic acid groups (broad SMARTS) is 1. The number of fused-ring (bicyclic) bond motifs is 5. The molecular formula is C24H35NO5. The molecule has 3 saturated carbocycles. The van der Waals surface area contributed by atoms with Gasteiger partial charge in [-0.15, -0.1) is 0 Å². The number of carbonyl (C=O) groups is 2. The Bertz CT molecular complexity index is 774. The third-order valence-corrected chi connectivity index (χ3v) is 8.82. The van der Waals surface area contributed by atoms with Crippen LogP contribution < -0.4 is 0 Å². The zero-order valence-electron chi connectivity index (χ0n) is 18.5. The molecule has 4 aliphatic rings. The maximum atomic E-state index is 12.0. The summed E-state index contributed by atoms with van der Waals surface area (Å²) >= 11 is 0. The molecule has 6 heteroatoms. The van der Waals surface area contributed by atoms with Gasteiger partial charge < -0.3 is 14.7 Å². The Labute approximate surface area is 179 Å². The second-order valence-corrected chi connectivity index (χ2v) is 10.2. The molecule has 0 aliphatic heterocycles. The standard InChI is InChI=1S/C24H35NO5/c1-4-22(28)30-20-8-7-18-17-6-5-15-13-16(25-29-14-21(26)27)9-11-23(15,2)19(17)10-12-24(18,20)3/h13,17-20H,4-12,14H2,1-3H3,(H,26,27)/b25-16+/t17-,18+,19+,20+,23-,24-/m0/s1. The van der Waals surface area contributed by atoms with Gasteiger partial charge in [-0.2, -0.15) is 0 Å². The first-order chi connectivity index (χ1) is 14.3. The number of oxime groups is 1. The van der Waals surface area contributed by atoms with Crippen molar-refractivity contribution in [3.05, 3.63) is 11.6 Å². The fourth-order valence-corrected chi connectivity index (χ4v) is 7.20. The summed E-state index contributed by atoms with van der Waals surface area (Å²) < 4.78 is 5.89. The number of carbonyl (C=O) groups excluding carboxylic acids is 1. The van der Waals surface area contributed by atoms with Crippen molar-refractivity contribution in [1.29, 1.82) is 0 Å². The van der Waals surface area contributed by atoms with Crippen molar-refractivity contribution in [1.82, 2.24) is 0 Å². The lowest BCUT2D eigenvalue weighted by Crippen LogP contribution is -2.51. The smallest absolute Gasteiger partial charge is 0.344 e. The van der Waals surface area contributed by atoms with E-state index < -0.39 is 12.6 Å². The molecule has 0 aromatic carbocycles. The van der Waals surface area contributed by atoms with Gasteiger partial charge in [-0.1, -0.05) is 31.5 Å². The third-order valence-electron chi connectivity index (χ3n) is 8.82. The number of carboxylic acids is 1. The van der Waals surface area contributed by atoms with Crippen molar-refractivity contribution in [3.8, 4) is 0 Å². The van der Waals surface area contributed by atoms with Crippen molar-refractivity contribution in [3.63, 3.8) is 0 Å². The summed E-state index contributed by atoms with van der Waals surface area (Å²) in [6.07, 6.45) is 11.3. The lowest BCUT2D eigenvalue weighted by atomic mass is 9.47. The van der Waals surface area contributed by atoms with Crippen molar-refractivity contribution < 1.29 is 24.3 Å². The Morgan fingerprint density at radius 3 is 2.67 bits per heavy atom. The van der Waals surface area contributed by atoms with Gasteiger partial charge in [-0.3, -0.25) is 4.79 Å². The number of nitrogens with zero attached hydrogens (tertiary/aromatic N) is 1. The van der Waals surface area contributed by atoms with Crippen LogP contribution in [0.15, 0.2) is 16.8 Å². The highest BCUT2D eigenvalue weighted by atomic mass is 16.6. The monoisotopic (exact) mass is 417 g/mol. The normalized spacial score (nSPS) is 41.3. The summed E-state index contributed by atoms with van der Waals surface area (Å²) in [7, 11) is 0. The van der Waals surface area contributed by atoms with Crippen LogP contribution in [0.5, 0.6) is 0 Å². The van der Waals surface area contributed by atoms with Crippen molar-refractivity contribution in [2.45, 2.75) is 84.7 Å². The molecule has 0 aromatic rings. The average Bonchev–Trinajstić information content (AvgIpc) is 3.04. The van der Waals surface area contributed by atoms with Crippen molar-refractivity contribution >= 4 is 17.7 Å². The van der Waals surface area contributed by atoms with E-state index in [0.29, 0.717) is 24.2 Å². The van der Waals surface area contributed by atoms with Gasteiger partial charge in [0.25, 0.3) is 0 Å². The van der Waals surface area contributed by atoms with Gasteiger partial charge in [0.1, 0.15) is 6.10 Å². The van der Waals surface area contributed by atoms with E-state index in [1.54, 1.807) is 0 Å². The van der Waals surface area contributed by atoms with Gasteiger partial charge in [-0.05, 0) is 80.6 Å².